The van der Waals surface area contributed by atoms with Crippen LogP contribution in [-0.2, 0) is 0 Å². The number of aromatic hydroxyl groups is 1. The highest BCUT2D eigenvalue weighted by Crippen LogP contribution is 2.23. The molecule has 3 aromatic rings. The molecule has 0 aliphatic carbocycles. The minimum Gasteiger partial charge on any atom is -0.508 e. The number of phenols is 1. The maximum atomic E-state index is 12.1. The number of amides is 1. The number of carbonyl (C=O) groups is 1. The van der Waals surface area contributed by atoms with Crippen molar-refractivity contribution >= 4 is 38.5 Å². The van der Waals surface area contributed by atoms with Gasteiger partial charge in [0, 0.05) is 9.86 Å². The van der Waals surface area contributed by atoms with Crippen LogP contribution in [0.2, 0.25) is 0 Å². The van der Waals surface area contributed by atoms with Crippen molar-refractivity contribution in [3.05, 3.63) is 64.3 Å². The van der Waals surface area contributed by atoms with Crippen LogP contribution in [0, 0.1) is 0 Å². The fourth-order valence-electron chi connectivity index (χ4n) is 2.08. The molecule has 0 spiro atoms. The molecule has 0 saturated heterocycles. The number of nitrogens with one attached hydrogen (secondary N) is 1. The number of furan rings is 1. The fourth-order valence-corrected chi connectivity index (χ4v) is 2.46. The number of halogens is 1. The Balaban J connectivity index is 1.77. The van der Waals surface area contributed by atoms with E-state index in [4.69, 9.17) is 4.42 Å². The van der Waals surface area contributed by atoms with Gasteiger partial charge in [-0.3, -0.25) is 4.79 Å². The molecule has 0 aliphatic rings. The Bertz CT molecular complexity index is 898. The first kappa shape index (κ1) is 15.3. The van der Waals surface area contributed by atoms with Gasteiger partial charge in [-0.15, -0.1) is 0 Å². The first-order chi connectivity index (χ1) is 11.0. The lowest BCUT2D eigenvalue weighted by Gasteiger charge is -2.01. The highest BCUT2D eigenvalue weighted by atomic mass is 79.9. The van der Waals surface area contributed by atoms with Crippen LogP contribution in [-0.4, -0.2) is 16.7 Å². The summed E-state index contributed by atoms with van der Waals surface area (Å²) in [6, 6.07) is 13.8. The number of phenolic OH excluding ortho intramolecular Hbond substituents is 1. The maximum absolute atomic E-state index is 12.1. The highest BCUT2D eigenvalue weighted by Gasteiger charge is 2.12. The van der Waals surface area contributed by atoms with E-state index < -0.39 is 5.91 Å². The lowest BCUT2D eigenvalue weighted by atomic mass is 10.1. The van der Waals surface area contributed by atoms with Gasteiger partial charge in [0.15, 0.2) is 5.76 Å². The second-order valence-electron chi connectivity index (χ2n) is 4.98. The maximum Gasteiger partial charge on any atom is 0.307 e. The predicted molar refractivity (Wildman–Crippen MR) is 91.7 cm³/mol. The van der Waals surface area contributed by atoms with Crippen molar-refractivity contribution in [1.29, 1.82) is 0 Å². The van der Waals surface area contributed by atoms with Gasteiger partial charge in [0.2, 0.25) is 0 Å². The van der Waals surface area contributed by atoms with E-state index in [1.54, 1.807) is 43.3 Å². The molecule has 0 fully saturated rings. The molecule has 0 saturated carbocycles. The minimum atomic E-state index is -0.421. The molecule has 23 heavy (non-hydrogen) atoms. The molecule has 1 amide bonds. The van der Waals surface area contributed by atoms with E-state index in [1.807, 2.05) is 12.1 Å². The number of fused-ring (bicyclic) bond motifs is 1. The van der Waals surface area contributed by atoms with Gasteiger partial charge in [0.1, 0.15) is 11.3 Å². The molecule has 116 valence electrons. The Morgan fingerprint density at radius 3 is 2.65 bits per heavy atom. The van der Waals surface area contributed by atoms with E-state index in [2.05, 4.69) is 26.5 Å². The van der Waals surface area contributed by atoms with Crippen LogP contribution in [0.25, 0.3) is 11.0 Å². The molecule has 5 nitrogen and oxygen atoms in total. The van der Waals surface area contributed by atoms with E-state index in [9.17, 15) is 9.90 Å². The molecule has 3 rings (SSSR count). The zero-order valence-corrected chi connectivity index (χ0v) is 13.8. The summed E-state index contributed by atoms with van der Waals surface area (Å²) in [5.41, 5.74) is 4.53. The largest absolute Gasteiger partial charge is 0.508 e. The molecular formula is C17H13BrN2O3. The predicted octanol–water partition coefficient (Wildman–Crippen LogP) is 4.05. The van der Waals surface area contributed by atoms with Crippen LogP contribution in [0.1, 0.15) is 23.0 Å². The standard InChI is InChI=1S/C17H13BrN2O3/c1-10(11-2-5-14(21)6-3-11)19-20-17(22)16-9-12-8-13(18)4-7-15(12)23-16/h2-9,21H,1H3,(H,20,22)/b19-10+. The van der Waals surface area contributed by atoms with Crippen molar-refractivity contribution in [2.45, 2.75) is 6.92 Å². The Labute approximate surface area is 140 Å². The highest BCUT2D eigenvalue weighted by molar-refractivity contribution is 9.10. The molecule has 1 heterocycles. The van der Waals surface area contributed by atoms with Crippen molar-refractivity contribution in [3.63, 3.8) is 0 Å². The molecule has 1 aromatic heterocycles. The third-order valence-electron chi connectivity index (χ3n) is 3.31. The summed E-state index contributed by atoms with van der Waals surface area (Å²) in [5.74, 6) is -0.0465. The number of nitrogens with zero attached hydrogens (tertiary/aromatic N) is 1. The number of hydrazone groups is 1. The molecule has 0 unspecified atom stereocenters. The van der Waals surface area contributed by atoms with Crippen LogP contribution in [0.5, 0.6) is 5.75 Å². The number of rotatable bonds is 3. The third-order valence-corrected chi connectivity index (χ3v) is 3.81. The average Bonchev–Trinajstić information content (AvgIpc) is 2.96. The summed E-state index contributed by atoms with van der Waals surface area (Å²) in [4.78, 5) is 12.1. The van der Waals surface area contributed by atoms with Gasteiger partial charge in [0.05, 0.1) is 5.71 Å². The van der Waals surface area contributed by atoms with Gasteiger partial charge in [-0.25, -0.2) is 5.43 Å². The monoisotopic (exact) mass is 372 g/mol. The Morgan fingerprint density at radius 2 is 1.91 bits per heavy atom. The van der Waals surface area contributed by atoms with Crippen molar-refractivity contribution in [2.24, 2.45) is 5.10 Å². The van der Waals surface area contributed by atoms with Crippen molar-refractivity contribution < 1.29 is 14.3 Å². The van der Waals surface area contributed by atoms with Gasteiger partial charge >= 0.3 is 5.91 Å². The van der Waals surface area contributed by atoms with Crippen LogP contribution in [0.4, 0.5) is 0 Å². The van der Waals surface area contributed by atoms with Gasteiger partial charge in [0.25, 0.3) is 0 Å². The average molecular weight is 373 g/mol. The Morgan fingerprint density at radius 1 is 1.17 bits per heavy atom. The first-order valence-electron chi connectivity index (χ1n) is 6.86. The van der Waals surface area contributed by atoms with Gasteiger partial charge in [-0.05, 0) is 61.0 Å². The zero-order chi connectivity index (χ0) is 16.4. The Kier molecular flexibility index (Phi) is 4.16. The normalized spacial score (nSPS) is 11.7. The molecule has 0 atom stereocenters. The number of benzene rings is 2. The smallest absolute Gasteiger partial charge is 0.307 e. The summed E-state index contributed by atoms with van der Waals surface area (Å²) in [5, 5.41) is 14.2. The van der Waals surface area contributed by atoms with E-state index in [-0.39, 0.29) is 11.5 Å². The molecule has 2 N–H and O–H groups in total. The minimum absolute atomic E-state index is 0.180. The summed E-state index contributed by atoms with van der Waals surface area (Å²) in [7, 11) is 0. The molecule has 6 heteroatoms. The van der Waals surface area contributed by atoms with Crippen LogP contribution in [0.15, 0.2) is 62.5 Å². The summed E-state index contributed by atoms with van der Waals surface area (Å²) in [6.45, 7) is 1.77. The zero-order valence-electron chi connectivity index (χ0n) is 12.2. The van der Waals surface area contributed by atoms with Crippen LogP contribution < -0.4 is 5.43 Å². The summed E-state index contributed by atoms with van der Waals surface area (Å²) >= 11 is 3.38. The second kappa shape index (κ2) is 6.26. The van der Waals surface area contributed by atoms with Crippen LogP contribution >= 0.6 is 15.9 Å². The number of carbonyl (C=O) groups excluding carboxylic acids is 1. The third kappa shape index (κ3) is 3.43. The number of hydrogen-bond acceptors (Lipinski definition) is 4. The van der Waals surface area contributed by atoms with Gasteiger partial charge < -0.3 is 9.52 Å². The quantitative estimate of drug-likeness (QED) is 0.537. The van der Waals surface area contributed by atoms with E-state index in [0.717, 1.165) is 15.4 Å². The molecular weight excluding hydrogens is 360 g/mol. The van der Waals surface area contributed by atoms with Crippen LogP contribution in [0.3, 0.4) is 0 Å². The van der Waals surface area contributed by atoms with Gasteiger partial charge in [-0.2, -0.15) is 5.10 Å². The lowest BCUT2D eigenvalue weighted by molar-refractivity contribution is 0.0929. The summed E-state index contributed by atoms with van der Waals surface area (Å²) < 4.78 is 6.42. The van der Waals surface area contributed by atoms with E-state index >= 15 is 0 Å². The lowest BCUT2D eigenvalue weighted by Crippen LogP contribution is -2.18. The van der Waals surface area contributed by atoms with Crippen molar-refractivity contribution in [2.75, 3.05) is 0 Å². The SMILES string of the molecule is C/C(=N\NC(=O)c1cc2cc(Br)ccc2o1)c1ccc(O)cc1. The Hall–Kier alpha value is -2.60. The van der Waals surface area contributed by atoms with Gasteiger partial charge in [-0.1, -0.05) is 15.9 Å². The second-order valence-corrected chi connectivity index (χ2v) is 5.89. The molecule has 0 aliphatic heterocycles. The first-order valence-corrected chi connectivity index (χ1v) is 7.65. The molecule has 0 bridgehead atoms. The van der Waals surface area contributed by atoms with E-state index in [1.165, 1.54) is 0 Å². The number of hydrogen-bond donors (Lipinski definition) is 2. The van der Waals surface area contributed by atoms with Crippen molar-refractivity contribution in [1.82, 2.24) is 5.43 Å². The fraction of sp³-hybridized carbons (Fsp3) is 0.0588. The molecule has 2 aromatic carbocycles. The topological polar surface area (TPSA) is 74.8 Å². The van der Waals surface area contributed by atoms with E-state index in [0.29, 0.717) is 11.3 Å². The van der Waals surface area contributed by atoms with Crippen molar-refractivity contribution in [3.8, 4) is 5.75 Å². The summed E-state index contributed by atoms with van der Waals surface area (Å²) in [6.07, 6.45) is 0. The molecule has 0 radical (unpaired) electrons.